The van der Waals surface area contributed by atoms with E-state index < -0.39 is 18.2 Å². The Bertz CT molecular complexity index is 450. The summed E-state index contributed by atoms with van der Waals surface area (Å²) in [5, 5.41) is 5.35. The molecule has 0 aromatic carbocycles. The van der Waals surface area contributed by atoms with Gasteiger partial charge in [-0.05, 0) is 24.2 Å². The predicted octanol–water partition coefficient (Wildman–Crippen LogP) is 2.24. The van der Waals surface area contributed by atoms with Crippen molar-refractivity contribution < 1.29 is 28.6 Å². The Balaban J connectivity index is 3.93. The molecule has 8 heteroatoms. The first-order valence-corrected chi connectivity index (χ1v) is 8.22. The molecule has 0 bridgehead atoms. The highest BCUT2D eigenvalue weighted by Crippen LogP contribution is 2.26. The zero-order valence-corrected chi connectivity index (χ0v) is 15.6. The molecule has 0 aliphatic rings. The van der Waals surface area contributed by atoms with Crippen LogP contribution in [0.2, 0.25) is 0 Å². The average molecular weight is 358 g/mol. The van der Waals surface area contributed by atoms with E-state index in [2.05, 4.69) is 28.9 Å². The lowest BCUT2D eigenvalue weighted by molar-refractivity contribution is -0.138. The van der Waals surface area contributed by atoms with E-state index in [4.69, 9.17) is 9.47 Å². The number of methoxy groups -OCH3 is 1. The summed E-state index contributed by atoms with van der Waals surface area (Å²) in [4.78, 5) is 33.4. The number of hydrogen-bond acceptors (Lipinski definition) is 6. The molecule has 0 saturated heterocycles. The van der Waals surface area contributed by atoms with Crippen molar-refractivity contribution in [2.45, 2.75) is 33.6 Å². The first kappa shape index (κ1) is 22.8. The Kier molecular flexibility index (Phi) is 11.1. The van der Waals surface area contributed by atoms with E-state index in [9.17, 15) is 14.4 Å². The second-order valence-electron chi connectivity index (χ2n) is 6.54. The van der Waals surface area contributed by atoms with Gasteiger partial charge < -0.3 is 24.8 Å². The quantitative estimate of drug-likeness (QED) is 0.254. The van der Waals surface area contributed by atoms with Gasteiger partial charge in [-0.25, -0.2) is 14.4 Å². The van der Waals surface area contributed by atoms with E-state index in [0.717, 1.165) is 18.9 Å². The minimum Gasteiger partial charge on any atom is -0.459 e. The van der Waals surface area contributed by atoms with E-state index in [1.807, 2.05) is 13.8 Å². The van der Waals surface area contributed by atoms with Gasteiger partial charge in [0.05, 0.1) is 7.11 Å². The highest BCUT2D eigenvalue weighted by Gasteiger charge is 2.22. The number of amides is 2. The van der Waals surface area contributed by atoms with Gasteiger partial charge in [0, 0.05) is 19.2 Å². The molecule has 1 unspecified atom stereocenters. The first-order valence-electron chi connectivity index (χ1n) is 8.22. The summed E-state index contributed by atoms with van der Waals surface area (Å²) in [6, 6.07) is 0. The molecule has 0 rings (SSSR count). The lowest BCUT2D eigenvalue weighted by atomic mass is 9.82. The third kappa shape index (κ3) is 12.8. The zero-order valence-electron chi connectivity index (χ0n) is 15.6. The monoisotopic (exact) mass is 358 g/mol. The van der Waals surface area contributed by atoms with Crippen LogP contribution in [0.15, 0.2) is 12.7 Å². The Morgan fingerprint density at radius 2 is 1.76 bits per heavy atom. The van der Waals surface area contributed by atoms with Crippen molar-refractivity contribution in [1.29, 1.82) is 0 Å². The van der Waals surface area contributed by atoms with Crippen molar-refractivity contribution in [3.05, 3.63) is 12.7 Å². The van der Waals surface area contributed by atoms with Crippen molar-refractivity contribution in [3.8, 4) is 0 Å². The topological polar surface area (TPSA) is 103 Å². The summed E-state index contributed by atoms with van der Waals surface area (Å²) in [5.41, 5.74) is -0.126. The van der Waals surface area contributed by atoms with Gasteiger partial charge in [-0.3, -0.25) is 0 Å². The van der Waals surface area contributed by atoms with Gasteiger partial charge in [0.25, 0.3) is 0 Å². The average Bonchev–Trinajstić information content (AvgIpc) is 2.56. The normalized spacial score (nSPS) is 11.8. The molecule has 1 atom stereocenters. The lowest BCUT2D eigenvalue weighted by Crippen LogP contribution is -2.36. The highest BCUT2D eigenvalue weighted by atomic mass is 16.6. The van der Waals surface area contributed by atoms with Gasteiger partial charge in [0.1, 0.15) is 13.2 Å². The van der Waals surface area contributed by atoms with Crippen LogP contribution < -0.4 is 10.6 Å². The Morgan fingerprint density at radius 3 is 2.36 bits per heavy atom. The highest BCUT2D eigenvalue weighted by molar-refractivity contribution is 5.81. The fourth-order valence-corrected chi connectivity index (χ4v) is 2.31. The first-order chi connectivity index (χ1) is 11.7. The molecule has 8 nitrogen and oxygen atoms in total. The number of carbonyl (C=O) groups excluding carboxylic acids is 3. The predicted molar refractivity (Wildman–Crippen MR) is 93.1 cm³/mol. The second kappa shape index (κ2) is 12.2. The molecule has 0 aromatic heterocycles. The van der Waals surface area contributed by atoms with Gasteiger partial charge in [-0.2, -0.15) is 0 Å². The number of alkyl carbamates (subject to hydrolysis) is 2. The van der Waals surface area contributed by atoms with Crippen molar-refractivity contribution >= 4 is 18.2 Å². The molecule has 0 aliphatic carbocycles. The molecule has 0 fully saturated rings. The summed E-state index contributed by atoms with van der Waals surface area (Å²) in [5.74, 6) is -0.191. The summed E-state index contributed by atoms with van der Waals surface area (Å²) < 4.78 is 14.1. The van der Waals surface area contributed by atoms with Crippen LogP contribution in [0.1, 0.15) is 33.6 Å². The summed E-state index contributed by atoms with van der Waals surface area (Å²) in [7, 11) is 1.33. The molecule has 25 heavy (non-hydrogen) atoms. The molecule has 0 aliphatic heterocycles. The minimum atomic E-state index is -0.555. The maximum absolute atomic E-state index is 11.6. The number of hydrogen-bond donors (Lipinski definition) is 2. The van der Waals surface area contributed by atoms with E-state index in [1.54, 1.807) is 0 Å². The molecule has 0 saturated carbocycles. The maximum atomic E-state index is 11.6. The van der Waals surface area contributed by atoms with Crippen LogP contribution in [0, 0.1) is 11.3 Å². The number of carbonyl (C=O) groups is 3. The smallest absolute Gasteiger partial charge is 0.407 e. The van der Waals surface area contributed by atoms with Crippen LogP contribution in [0.3, 0.4) is 0 Å². The third-order valence-electron chi connectivity index (χ3n) is 3.43. The Morgan fingerprint density at radius 1 is 1.12 bits per heavy atom. The van der Waals surface area contributed by atoms with E-state index in [0.29, 0.717) is 19.0 Å². The molecular formula is C17H30N2O6. The Labute approximate surface area is 149 Å². The molecule has 144 valence electrons. The molecule has 0 aromatic rings. The van der Waals surface area contributed by atoms with Crippen LogP contribution in [0.5, 0.6) is 0 Å². The van der Waals surface area contributed by atoms with E-state index in [-0.39, 0.29) is 18.6 Å². The molecule has 2 N–H and O–H groups in total. The maximum Gasteiger partial charge on any atom is 0.407 e. The zero-order chi connectivity index (χ0) is 19.3. The van der Waals surface area contributed by atoms with Gasteiger partial charge >= 0.3 is 18.2 Å². The number of nitrogens with one attached hydrogen (secondary N) is 2. The van der Waals surface area contributed by atoms with Gasteiger partial charge in [-0.15, -0.1) is 0 Å². The van der Waals surface area contributed by atoms with Crippen LogP contribution in [0.25, 0.3) is 0 Å². The van der Waals surface area contributed by atoms with Gasteiger partial charge in [0.15, 0.2) is 0 Å². The van der Waals surface area contributed by atoms with Crippen LogP contribution in [-0.2, 0) is 19.0 Å². The second-order valence-corrected chi connectivity index (χ2v) is 6.54. The molecule has 2 amide bonds. The van der Waals surface area contributed by atoms with Crippen molar-refractivity contribution in [3.63, 3.8) is 0 Å². The Hall–Kier alpha value is -2.25. The number of ether oxygens (including phenoxy) is 3. The van der Waals surface area contributed by atoms with Crippen LogP contribution >= 0.6 is 0 Å². The summed E-state index contributed by atoms with van der Waals surface area (Å²) in [6.07, 6.45) is 1.74. The van der Waals surface area contributed by atoms with Crippen molar-refractivity contribution in [2.24, 2.45) is 11.3 Å². The SMILES string of the molecule is C=CC(=O)OCCOC(=O)NCC(C)(C)CC(C)CCNC(=O)OC. The third-order valence-corrected chi connectivity index (χ3v) is 3.43. The lowest BCUT2D eigenvalue weighted by Gasteiger charge is -2.28. The summed E-state index contributed by atoms with van der Waals surface area (Å²) >= 11 is 0. The largest absolute Gasteiger partial charge is 0.459 e. The van der Waals surface area contributed by atoms with Crippen LogP contribution in [-0.4, -0.2) is 51.6 Å². The van der Waals surface area contributed by atoms with Crippen molar-refractivity contribution in [1.82, 2.24) is 10.6 Å². The fraction of sp³-hybridized carbons (Fsp3) is 0.706. The number of esters is 1. The van der Waals surface area contributed by atoms with Crippen molar-refractivity contribution in [2.75, 3.05) is 33.4 Å². The van der Waals surface area contributed by atoms with E-state index in [1.165, 1.54) is 7.11 Å². The van der Waals surface area contributed by atoms with Gasteiger partial charge in [0.2, 0.25) is 0 Å². The molecule has 0 heterocycles. The number of rotatable bonds is 11. The molecule has 0 spiro atoms. The molecular weight excluding hydrogens is 328 g/mol. The summed E-state index contributed by atoms with van der Waals surface area (Å²) in [6.45, 7) is 10.4. The van der Waals surface area contributed by atoms with E-state index >= 15 is 0 Å². The molecule has 0 radical (unpaired) electrons. The standard InChI is InChI=1S/C17H30N2O6/c1-6-14(20)24-9-10-25-16(22)19-12-17(3,4)11-13(2)7-8-18-15(21)23-5/h6,13H,1,7-12H2,2-5H3,(H,18,21)(H,19,22). The van der Waals surface area contributed by atoms with Crippen LogP contribution in [0.4, 0.5) is 9.59 Å². The fourth-order valence-electron chi connectivity index (χ4n) is 2.31. The van der Waals surface area contributed by atoms with Gasteiger partial charge in [-0.1, -0.05) is 27.4 Å². The minimum absolute atomic E-state index is 0.00804.